The van der Waals surface area contributed by atoms with Gasteiger partial charge in [0.05, 0.1) is 5.92 Å². The molecule has 19 heavy (non-hydrogen) atoms. The maximum atomic E-state index is 12.9. The van der Waals surface area contributed by atoms with Gasteiger partial charge < -0.3 is 5.32 Å². The monoisotopic (exact) mass is 343 g/mol. The molecule has 1 amide bonds. The van der Waals surface area contributed by atoms with E-state index in [-0.39, 0.29) is 6.42 Å². The summed E-state index contributed by atoms with van der Waals surface area (Å²) in [7, 11) is 0. The Kier molecular flexibility index (Phi) is 5.71. The third-order valence-corrected chi connectivity index (χ3v) is 4.10. The Hall–Kier alpha value is -0.260. The smallest absolute Gasteiger partial charge is 0.351 e. The second-order valence-corrected chi connectivity index (χ2v) is 6.64. The molecule has 6 heteroatoms. The van der Waals surface area contributed by atoms with Gasteiger partial charge in [-0.2, -0.15) is 13.2 Å². The van der Waals surface area contributed by atoms with E-state index in [1.54, 1.807) is 0 Å². The van der Waals surface area contributed by atoms with Crippen molar-refractivity contribution in [1.29, 1.82) is 0 Å². The van der Waals surface area contributed by atoms with Crippen LogP contribution in [-0.2, 0) is 4.79 Å². The Labute approximate surface area is 120 Å². The number of alkyl halides is 4. The average molecular weight is 344 g/mol. The molecule has 1 aliphatic rings. The number of nitrogens with one attached hydrogen (secondary N) is 1. The minimum Gasteiger partial charge on any atom is -0.351 e. The fourth-order valence-electron chi connectivity index (χ4n) is 2.56. The van der Waals surface area contributed by atoms with Crippen molar-refractivity contribution in [1.82, 2.24) is 5.32 Å². The highest BCUT2D eigenvalue weighted by molar-refractivity contribution is 9.09. The Bertz CT molecular complexity index is 318. The Morgan fingerprint density at radius 2 is 1.84 bits per heavy atom. The molecule has 1 saturated carbocycles. The number of amides is 1. The van der Waals surface area contributed by atoms with Crippen molar-refractivity contribution in [3.8, 4) is 0 Å². The fraction of sp³-hybridized carbons (Fsp3) is 0.923. The maximum Gasteiger partial charge on any atom is 0.392 e. The van der Waals surface area contributed by atoms with Gasteiger partial charge >= 0.3 is 6.18 Å². The normalized spacial score (nSPS) is 25.2. The first-order valence-corrected chi connectivity index (χ1v) is 7.74. The predicted molar refractivity (Wildman–Crippen MR) is 72.1 cm³/mol. The SMILES string of the molecule is CC(C)(CCBr)NC(=O)C1CCCCC1C(F)(F)F. The van der Waals surface area contributed by atoms with Gasteiger partial charge in [0.1, 0.15) is 0 Å². The molecule has 2 nitrogen and oxygen atoms in total. The van der Waals surface area contributed by atoms with Crippen molar-refractivity contribution < 1.29 is 18.0 Å². The third kappa shape index (κ3) is 4.97. The van der Waals surface area contributed by atoms with E-state index in [1.807, 2.05) is 13.8 Å². The van der Waals surface area contributed by atoms with Crippen molar-refractivity contribution >= 4 is 21.8 Å². The van der Waals surface area contributed by atoms with Crippen molar-refractivity contribution in [2.45, 2.75) is 57.7 Å². The minimum absolute atomic E-state index is 0.0699. The number of carbonyl (C=O) groups is 1. The van der Waals surface area contributed by atoms with E-state index in [0.717, 1.165) is 0 Å². The Morgan fingerprint density at radius 3 is 2.37 bits per heavy atom. The number of rotatable bonds is 4. The molecule has 112 valence electrons. The Morgan fingerprint density at radius 1 is 1.26 bits per heavy atom. The summed E-state index contributed by atoms with van der Waals surface area (Å²) >= 11 is 3.28. The fourth-order valence-corrected chi connectivity index (χ4v) is 3.55. The zero-order valence-electron chi connectivity index (χ0n) is 11.3. The highest BCUT2D eigenvalue weighted by Crippen LogP contribution is 2.41. The van der Waals surface area contributed by atoms with Crippen LogP contribution in [0.4, 0.5) is 13.2 Å². The molecule has 0 radical (unpaired) electrons. The lowest BCUT2D eigenvalue weighted by Gasteiger charge is -2.35. The van der Waals surface area contributed by atoms with Crippen molar-refractivity contribution in [3.05, 3.63) is 0 Å². The van der Waals surface area contributed by atoms with Crippen LogP contribution in [0.25, 0.3) is 0 Å². The lowest BCUT2D eigenvalue weighted by molar-refractivity contribution is -0.198. The summed E-state index contributed by atoms with van der Waals surface area (Å²) in [5, 5.41) is 3.46. The van der Waals surface area contributed by atoms with Crippen molar-refractivity contribution in [2.24, 2.45) is 11.8 Å². The molecule has 2 atom stereocenters. The van der Waals surface area contributed by atoms with Gasteiger partial charge in [-0.05, 0) is 33.1 Å². The number of hydrogen-bond acceptors (Lipinski definition) is 1. The van der Waals surface area contributed by atoms with Crippen LogP contribution in [0.2, 0.25) is 0 Å². The van der Waals surface area contributed by atoms with Crippen LogP contribution in [0.15, 0.2) is 0 Å². The van der Waals surface area contributed by atoms with Gasteiger partial charge in [-0.15, -0.1) is 0 Å². The number of halogens is 4. The van der Waals surface area contributed by atoms with Gasteiger partial charge in [0.25, 0.3) is 0 Å². The lowest BCUT2D eigenvalue weighted by Crippen LogP contribution is -2.50. The maximum absolute atomic E-state index is 12.9. The summed E-state index contributed by atoms with van der Waals surface area (Å²) < 4.78 is 38.8. The topological polar surface area (TPSA) is 29.1 Å². The first kappa shape index (κ1) is 16.8. The summed E-state index contributed by atoms with van der Waals surface area (Å²) in [6, 6.07) is 0. The van der Waals surface area contributed by atoms with E-state index < -0.39 is 29.5 Å². The van der Waals surface area contributed by atoms with Crippen LogP contribution >= 0.6 is 15.9 Å². The summed E-state index contributed by atoms with van der Waals surface area (Å²) in [4.78, 5) is 12.1. The van der Waals surface area contributed by atoms with E-state index in [2.05, 4.69) is 21.2 Å². The van der Waals surface area contributed by atoms with Gasteiger partial charge in [0.15, 0.2) is 0 Å². The first-order valence-electron chi connectivity index (χ1n) is 6.62. The van der Waals surface area contributed by atoms with E-state index in [4.69, 9.17) is 0 Å². The van der Waals surface area contributed by atoms with Crippen molar-refractivity contribution in [3.63, 3.8) is 0 Å². The second kappa shape index (κ2) is 6.46. The van der Waals surface area contributed by atoms with Crippen LogP contribution < -0.4 is 5.32 Å². The molecule has 0 saturated heterocycles. The summed E-state index contributed by atoms with van der Waals surface area (Å²) in [6.07, 6.45) is -1.94. The van der Waals surface area contributed by atoms with E-state index >= 15 is 0 Å². The average Bonchev–Trinajstić information content (AvgIpc) is 2.27. The molecule has 1 N–H and O–H groups in total. The first-order chi connectivity index (χ1) is 8.67. The lowest BCUT2D eigenvalue weighted by atomic mass is 9.78. The molecule has 2 unspecified atom stereocenters. The van der Waals surface area contributed by atoms with Crippen LogP contribution in [-0.4, -0.2) is 23.0 Å². The van der Waals surface area contributed by atoms with Gasteiger partial charge in [-0.1, -0.05) is 28.8 Å². The summed E-state index contributed by atoms with van der Waals surface area (Å²) in [6.45, 7) is 3.66. The molecule has 0 bridgehead atoms. The van der Waals surface area contributed by atoms with Gasteiger partial charge in [0, 0.05) is 16.8 Å². The van der Waals surface area contributed by atoms with E-state index in [9.17, 15) is 18.0 Å². The molecule has 0 heterocycles. The van der Waals surface area contributed by atoms with Crippen LogP contribution in [0.3, 0.4) is 0 Å². The predicted octanol–water partition coefficient (Wildman–Crippen LogP) is 4.03. The van der Waals surface area contributed by atoms with E-state index in [0.29, 0.717) is 31.0 Å². The zero-order valence-corrected chi connectivity index (χ0v) is 12.9. The van der Waals surface area contributed by atoms with Crippen LogP contribution in [0, 0.1) is 11.8 Å². The molecule has 0 aromatic rings. The molecule has 0 aliphatic heterocycles. The van der Waals surface area contributed by atoms with Crippen molar-refractivity contribution in [2.75, 3.05) is 5.33 Å². The van der Waals surface area contributed by atoms with Gasteiger partial charge in [0.2, 0.25) is 5.91 Å². The van der Waals surface area contributed by atoms with Crippen LogP contribution in [0.1, 0.15) is 46.0 Å². The molecule has 0 aromatic heterocycles. The highest BCUT2D eigenvalue weighted by atomic mass is 79.9. The molecule has 1 aliphatic carbocycles. The Balaban J connectivity index is 2.73. The second-order valence-electron chi connectivity index (χ2n) is 5.85. The molecule has 0 aromatic carbocycles. The number of hydrogen-bond donors (Lipinski definition) is 1. The molecule has 0 spiro atoms. The molecule has 1 rings (SSSR count). The molecule has 1 fully saturated rings. The minimum atomic E-state index is -4.28. The van der Waals surface area contributed by atoms with Gasteiger partial charge in [-0.25, -0.2) is 0 Å². The zero-order chi connectivity index (χ0) is 14.7. The quantitative estimate of drug-likeness (QED) is 0.767. The third-order valence-electron chi connectivity index (χ3n) is 3.70. The standard InChI is InChI=1S/C13H21BrF3NO/c1-12(2,7-8-14)18-11(19)9-5-3-4-6-10(9)13(15,16)17/h9-10H,3-8H2,1-2H3,(H,18,19). The van der Waals surface area contributed by atoms with Crippen LogP contribution in [0.5, 0.6) is 0 Å². The van der Waals surface area contributed by atoms with Gasteiger partial charge in [-0.3, -0.25) is 4.79 Å². The summed E-state index contributed by atoms with van der Waals surface area (Å²) in [5.41, 5.74) is -0.478. The molecular formula is C13H21BrF3NO. The highest BCUT2D eigenvalue weighted by Gasteiger charge is 2.48. The number of carbonyl (C=O) groups excluding carboxylic acids is 1. The largest absolute Gasteiger partial charge is 0.392 e. The van der Waals surface area contributed by atoms with E-state index in [1.165, 1.54) is 0 Å². The summed E-state index contributed by atoms with van der Waals surface area (Å²) in [5.74, 6) is -2.86. The molecular weight excluding hydrogens is 323 g/mol.